The third kappa shape index (κ3) is 3.06. The fourth-order valence-corrected chi connectivity index (χ4v) is 1.79. The van der Waals surface area contributed by atoms with Crippen LogP contribution in [0, 0.1) is 0 Å². The Bertz CT molecular complexity index is 680. The summed E-state index contributed by atoms with van der Waals surface area (Å²) in [4.78, 5) is 40.5. The Hall–Kier alpha value is -3.16. The fourth-order valence-electron chi connectivity index (χ4n) is 1.79. The van der Waals surface area contributed by atoms with Gasteiger partial charge < -0.3 is 21.1 Å². The molecule has 1 aromatic heterocycles. The van der Waals surface area contributed by atoms with Gasteiger partial charge in [-0.05, 0) is 5.56 Å². The second-order valence-corrected chi connectivity index (χ2v) is 4.15. The number of nitrogens with one attached hydrogen (secondary N) is 2. The Kier molecular flexibility index (Phi) is 3.98. The molecule has 8 nitrogen and oxygen atoms in total. The fraction of sp³-hybridized carbons (Fsp3) is 0.0769. The Morgan fingerprint density at radius 2 is 1.90 bits per heavy atom. The molecule has 0 fully saturated rings. The summed E-state index contributed by atoms with van der Waals surface area (Å²) >= 11 is 0. The minimum atomic E-state index is -1.33. The summed E-state index contributed by atoms with van der Waals surface area (Å²) in [5.74, 6) is -2.89. The van der Waals surface area contributed by atoms with Crippen LogP contribution in [-0.2, 0) is 4.79 Å². The molecule has 0 radical (unpaired) electrons. The molecule has 0 aliphatic carbocycles. The highest BCUT2D eigenvalue weighted by Crippen LogP contribution is 2.13. The lowest BCUT2D eigenvalue weighted by Crippen LogP contribution is -2.38. The summed E-state index contributed by atoms with van der Waals surface area (Å²) in [6, 6.07) is 7.30. The molecular formula is C13H12N4O4. The molecule has 0 spiro atoms. The summed E-state index contributed by atoms with van der Waals surface area (Å²) in [7, 11) is 0. The van der Waals surface area contributed by atoms with Crippen LogP contribution in [0.5, 0.6) is 0 Å². The maximum absolute atomic E-state index is 12.1. The molecule has 8 heteroatoms. The lowest BCUT2D eigenvalue weighted by atomic mass is 10.1. The van der Waals surface area contributed by atoms with E-state index in [-0.39, 0.29) is 11.4 Å². The quantitative estimate of drug-likeness (QED) is 0.616. The van der Waals surface area contributed by atoms with Crippen LogP contribution in [0.1, 0.15) is 32.6 Å². The van der Waals surface area contributed by atoms with Gasteiger partial charge in [-0.2, -0.15) is 0 Å². The van der Waals surface area contributed by atoms with Crippen LogP contribution >= 0.6 is 0 Å². The molecule has 2 aromatic rings. The number of aromatic amines is 1. The molecule has 1 heterocycles. The van der Waals surface area contributed by atoms with Crippen molar-refractivity contribution in [2.24, 2.45) is 5.73 Å². The SMILES string of the molecule is NC(=O)C(NC(=O)c1nc[nH]c1C(=O)O)c1ccccc1. The Labute approximate surface area is 119 Å². The number of rotatable bonds is 5. The zero-order valence-electron chi connectivity index (χ0n) is 10.7. The van der Waals surface area contributed by atoms with Gasteiger partial charge in [0.15, 0.2) is 11.4 Å². The number of nitrogens with zero attached hydrogens (tertiary/aromatic N) is 1. The number of aromatic carboxylic acids is 1. The minimum absolute atomic E-state index is 0.315. The van der Waals surface area contributed by atoms with E-state index in [0.717, 1.165) is 6.33 Å². The molecule has 2 rings (SSSR count). The molecule has 0 saturated heterocycles. The van der Waals surface area contributed by atoms with Crippen LogP contribution in [0.2, 0.25) is 0 Å². The predicted molar refractivity (Wildman–Crippen MR) is 71.4 cm³/mol. The maximum atomic E-state index is 12.1. The first-order valence-corrected chi connectivity index (χ1v) is 5.92. The first kappa shape index (κ1) is 14.3. The number of carboxylic acids is 1. The van der Waals surface area contributed by atoms with E-state index < -0.39 is 23.8 Å². The minimum Gasteiger partial charge on any atom is -0.477 e. The van der Waals surface area contributed by atoms with Gasteiger partial charge in [-0.15, -0.1) is 0 Å². The average molecular weight is 288 g/mol. The summed E-state index contributed by atoms with van der Waals surface area (Å²) < 4.78 is 0. The van der Waals surface area contributed by atoms with Crippen molar-refractivity contribution in [3.63, 3.8) is 0 Å². The van der Waals surface area contributed by atoms with Gasteiger partial charge >= 0.3 is 5.97 Å². The Balaban J connectivity index is 2.26. The van der Waals surface area contributed by atoms with Gasteiger partial charge in [0.25, 0.3) is 5.91 Å². The normalized spacial score (nSPS) is 11.6. The molecule has 1 aromatic carbocycles. The topological polar surface area (TPSA) is 138 Å². The number of H-pyrrole nitrogens is 1. The van der Waals surface area contributed by atoms with Crippen LogP contribution in [0.3, 0.4) is 0 Å². The average Bonchev–Trinajstić information content (AvgIpc) is 2.94. The van der Waals surface area contributed by atoms with Crippen molar-refractivity contribution in [2.75, 3.05) is 0 Å². The van der Waals surface area contributed by atoms with Gasteiger partial charge in [-0.3, -0.25) is 9.59 Å². The van der Waals surface area contributed by atoms with E-state index in [1.165, 1.54) is 0 Å². The molecule has 0 aliphatic heterocycles. The predicted octanol–water partition coefficient (Wildman–Crippen LogP) is 0.0643. The van der Waals surface area contributed by atoms with E-state index in [2.05, 4.69) is 15.3 Å². The Morgan fingerprint density at radius 1 is 1.24 bits per heavy atom. The largest absolute Gasteiger partial charge is 0.477 e. The van der Waals surface area contributed by atoms with E-state index in [4.69, 9.17) is 10.8 Å². The van der Waals surface area contributed by atoms with Crippen molar-refractivity contribution in [1.29, 1.82) is 0 Å². The summed E-state index contributed by atoms with van der Waals surface area (Å²) in [6.45, 7) is 0. The molecule has 108 valence electrons. The van der Waals surface area contributed by atoms with Crippen molar-refractivity contribution in [1.82, 2.24) is 15.3 Å². The van der Waals surface area contributed by atoms with Gasteiger partial charge in [-0.1, -0.05) is 30.3 Å². The van der Waals surface area contributed by atoms with Gasteiger partial charge in [0.1, 0.15) is 6.04 Å². The van der Waals surface area contributed by atoms with Crippen molar-refractivity contribution in [3.05, 3.63) is 53.6 Å². The van der Waals surface area contributed by atoms with Crippen molar-refractivity contribution in [2.45, 2.75) is 6.04 Å². The molecule has 5 N–H and O–H groups in total. The highest BCUT2D eigenvalue weighted by atomic mass is 16.4. The van der Waals surface area contributed by atoms with E-state index in [0.29, 0.717) is 5.56 Å². The molecular weight excluding hydrogens is 276 g/mol. The van der Waals surface area contributed by atoms with Crippen molar-refractivity contribution in [3.8, 4) is 0 Å². The zero-order valence-corrected chi connectivity index (χ0v) is 10.7. The van der Waals surface area contributed by atoms with Crippen molar-refractivity contribution >= 4 is 17.8 Å². The molecule has 1 atom stereocenters. The molecule has 0 saturated carbocycles. The number of amides is 2. The smallest absolute Gasteiger partial charge is 0.354 e. The number of carbonyl (C=O) groups excluding carboxylic acids is 2. The lowest BCUT2D eigenvalue weighted by Gasteiger charge is -2.15. The van der Waals surface area contributed by atoms with Crippen LogP contribution in [0.15, 0.2) is 36.7 Å². The zero-order chi connectivity index (χ0) is 15.4. The molecule has 0 bridgehead atoms. The number of benzene rings is 1. The van der Waals surface area contributed by atoms with E-state index in [1.54, 1.807) is 30.3 Å². The Morgan fingerprint density at radius 3 is 2.48 bits per heavy atom. The molecule has 21 heavy (non-hydrogen) atoms. The number of aromatic nitrogens is 2. The van der Waals surface area contributed by atoms with Gasteiger partial charge in [0.2, 0.25) is 5.91 Å². The van der Waals surface area contributed by atoms with Crippen LogP contribution in [0.25, 0.3) is 0 Å². The summed E-state index contributed by atoms with van der Waals surface area (Å²) in [5, 5.41) is 11.3. The number of primary amides is 1. The van der Waals surface area contributed by atoms with Gasteiger partial charge in [0.05, 0.1) is 6.33 Å². The molecule has 2 amide bonds. The monoisotopic (exact) mass is 288 g/mol. The van der Waals surface area contributed by atoms with E-state index in [9.17, 15) is 14.4 Å². The molecule has 0 aliphatic rings. The summed E-state index contributed by atoms with van der Waals surface area (Å²) in [5.41, 5.74) is 5.09. The lowest BCUT2D eigenvalue weighted by molar-refractivity contribution is -0.120. The van der Waals surface area contributed by atoms with Crippen LogP contribution in [-0.4, -0.2) is 32.9 Å². The number of carboxylic acid groups (broad SMARTS) is 1. The summed E-state index contributed by atoms with van der Waals surface area (Å²) in [6.07, 6.45) is 1.08. The van der Waals surface area contributed by atoms with Crippen molar-refractivity contribution < 1.29 is 19.5 Å². The third-order valence-electron chi connectivity index (χ3n) is 2.76. The first-order chi connectivity index (χ1) is 10.0. The number of carbonyl (C=O) groups is 3. The first-order valence-electron chi connectivity index (χ1n) is 5.92. The second kappa shape index (κ2) is 5.87. The van der Waals surface area contributed by atoms with E-state index >= 15 is 0 Å². The molecule has 1 unspecified atom stereocenters. The number of hydrogen-bond donors (Lipinski definition) is 4. The maximum Gasteiger partial charge on any atom is 0.354 e. The third-order valence-corrected chi connectivity index (χ3v) is 2.76. The van der Waals surface area contributed by atoms with Gasteiger partial charge in [0, 0.05) is 0 Å². The highest BCUT2D eigenvalue weighted by Gasteiger charge is 2.25. The van der Waals surface area contributed by atoms with Crippen LogP contribution < -0.4 is 11.1 Å². The standard InChI is InChI=1S/C13H12N4O4/c14-11(18)8(7-4-2-1-3-5-7)17-12(19)9-10(13(20)21)16-6-15-9/h1-6,8H,(H2,14,18)(H,15,16)(H,17,19)(H,20,21). The number of nitrogens with two attached hydrogens (primary N) is 1. The highest BCUT2D eigenvalue weighted by molar-refractivity contribution is 6.03. The van der Waals surface area contributed by atoms with Gasteiger partial charge in [-0.25, -0.2) is 9.78 Å². The second-order valence-electron chi connectivity index (χ2n) is 4.15. The number of imidazole rings is 1. The van der Waals surface area contributed by atoms with E-state index in [1.807, 2.05) is 0 Å². The van der Waals surface area contributed by atoms with Crippen LogP contribution in [0.4, 0.5) is 0 Å². The number of hydrogen-bond acceptors (Lipinski definition) is 4.